The Bertz CT molecular complexity index is 122. The van der Waals surface area contributed by atoms with Crippen LogP contribution in [-0.4, -0.2) is 13.3 Å². The molecule has 0 atom stereocenters. The Morgan fingerprint density at radius 3 is 2.00 bits per heavy atom. The molecule has 0 saturated carbocycles. The van der Waals surface area contributed by atoms with Crippen molar-refractivity contribution >= 4 is 0 Å². The van der Waals surface area contributed by atoms with Gasteiger partial charge in [0.2, 0.25) is 0 Å². The lowest BCUT2D eigenvalue weighted by Gasteiger charge is -2.13. The molecule has 0 aromatic carbocycles. The van der Waals surface area contributed by atoms with E-state index in [1.807, 2.05) is 0 Å². The van der Waals surface area contributed by atoms with E-state index in [0.29, 0.717) is 6.61 Å². The maximum absolute atomic E-state index is 11.7. The predicted molar refractivity (Wildman–Crippen MR) is 30.4 cm³/mol. The van der Waals surface area contributed by atoms with Gasteiger partial charge in [-0.15, -0.1) is 0 Å². The quantitative estimate of drug-likeness (QED) is 0.616. The molecule has 6 heteroatoms. The van der Waals surface area contributed by atoms with E-state index < -0.39 is 24.9 Å². The molecule has 0 rings (SSSR count). The number of methoxy groups -OCH3 is 1. The van der Waals surface area contributed by atoms with Crippen molar-refractivity contribution in [3.63, 3.8) is 0 Å². The molecule has 0 fully saturated rings. The van der Waals surface area contributed by atoms with Crippen LogP contribution in [0.15, 0.2) is 0 Å². The topological polar surface area (TPSA) is 9.23 Å². The number of ether oxygens (including phenoxy) is 1. The second kappa shape index (κ2) is 4.59. The third-order valence-corrected chi connectivity index (χ3v) is 0.782. The first kappa shape index (κ1) is 11.6. The van der Waals surface area contributed by atoms with Crippen molar-refractivity contribution in [2.75, 3.05) is 7.11 Å². The van der Waals surface area contributed by atoms with Gasteiger partial charge in [0.1, 0.15) is 0 Å². The van der Waals surface area contributed by atoms with Gasteiger partial charge in [0.25, 0.3) is 0 Å². The van der Waals surface area contributed by atoms with Crippen molar-refractivity contribution in [1.29, 1.82) is 0 Å². The number of halogens is 5. The SMILES string of the molecule is CO[CH][C]([CH]C(F)(F)F)[C](F)F. The average Bonchev–Trinajstić information content (AvgIpc) is 1.83. The fraction of sp³-hybridized carbons (Fsp3) is 0.333. The molecular weight excluding hydrogens is 183 g/mol. The first-order chi connectivity index (χ1) is 5.37. The Hall–Kier alpha value is -0.390. The zero-order valence-electron chi connectivity index (χ0n) is 5.95. The van der Waals surface area contributed by atoms with Crippen molar-refractivity contribution in [2.24, 2.45) is 0 Å². The second-order valence-corrected chi connectivity index (χ2v) is 1.76. The molecule has 12 heavy (non-hydrogen) atoms. The minimum Gasteiger partial charge on any atom is -0.378 e. The van der Waals surface area contributed by atoms with Crippen LogP contribution in [0.3, 0.4) is 0 Å². The maximum Gasteiger partial charge on any atom is 0.393 e. The van der Waals surface area contributed by atoms with E-state index in [0.717, 1.165) is 7.11 Å². The summed E-state index contributed by atoms with van der Waals surface area (Å²) < 4.78 is 61.8. The van der Waals surface area contributed by atoms with Gasteiger partial charge in [-0.05, 0) is 0 Å². The van der Waals surface area contributed by atoms with Gasteiger partial charge < -0.3 is 4.74 Å². The molecule has 0 saturated heterocycles. The van der Waals surface area contributed by atoms with Gasteiger partial charge in [-0.2, -0.15) is 22.0 Å². The van der Waals surface area contributed by atoms with Crippen LogP contribution >= 0.6 is 0 Å². The summed E-state index contributed by atoms with van der Waals surface area (Å²) in [4.78, 5) is 0. The Labute approximate surface area is 66.5 Å². The van der Waals surface area contributed by atoms with Crippen LogP contribution in [0.25, 0.3) is 0 Å². The van der Waals surface area contributed by atoms with E-state index in [1.54, 1.807) is 0 Å². The highest BCUT2D eigenvalue weighted by Gasteiger charge is 2.38. The van der Waals surface area contributed by atoms with Gasteiger partial charge in [-0.3, -0.25) is 0 Å². The van der Waals surface area contributed by atoms with Crippen molar-refractivity contribution in [2.45, 2.75) is 6.18 Å². The van der Waals surface area contributed by atoms with Crippen molar-refractivity contribution in [1.82, 2.24) is 0 Å². The van der Waals surface area contributed by atoms with E-state index >= 15 is 0 Å². The van der Waals surface area contributed by atoms with Gasteiger partial charge in [0.05, 0.1) is 18.9 Å². The number of hydrogen-bond donors (Lipinski definition) is 0. The summed E-state index contributed by atoms with van der Waals surface area (Å²) >= 11 is 0. The van der Waals surface area contributed by atoms with Gasteiger partial charge in [-0.25, -0.2) is 0 Å². The summed E-state index contributed by atoms with van der Waals surface area (Å²) in [6.07, 6.45) is -7.74. The lowest BCUT2D eigenvalue weighted by Crippen LogP contribution is -2.17. The molecule has 0 aliphatic heterocycles. The average molecular weight is 188 g/mol. The van der Waals surface area contributed by atoms with Crippen LogP contribution in [0.1, 0.15) is 0 Å². The van der Waals surface area contributed by atoms with Crippen molar-refractivity contribution in [3.8, 4) is 0 Å². The van der Waals surface area contributed by atoms with Crippen LogP contribution in [0.2, 0.25) is 0 Å². The third kappa shape index (κ3) is 5.29. The normalized spacial score (nSPS) is 13.0. The molecular formula is C6H5F5O. The zero-order chi connectivity index (χ0) is 9.78. The molecule has 4 radical (unpaired) electrons. The van der Waals surface area contributed by atoms with E-state index in [1.165, 1.54) is 0 Å². The lowest BCUT2D eigenvalue weighted by atomic mass is 10.1. The highest BCUT2D eigenvalue weighted by Crippen LogP contribution is 2.33. The Balaban J connectivity index is 3.95. The molecule has 0 N–H and O–H groups in total. The Morgan fingerprint density at radius 2 is 1.75 bits per heavy atom. The molecule has 0 spiro atoms. The van der Waals surface area contributed by atoms with Gasteiger partial charge in [0.15, 0.2) is 0 Å². The predicted octanol–water partition coefficient (Wildman–Crippen LogP) is 2.56. The molecule has 0 unspecified atom stereocenters. The van der Waals surface area contributed by atoms with Gasteiger partial charge in [-0.1, -0.05) is 0 Å². The summed E-state index contributed by atoms with van der Waals surface area (Å²) in [5.41, 5.74) is 0. The minimum atomic E-state index is -4.77. The van der Waals surface area contributed by atoms with Crippen LogP contribution < -0.4 is 0 Å². The first-order valence-corrected chi connectivity index (χ1v) is 2.70. The standard InChI is InChI=1S/C6H5F5O/c1-12-3-4(5(7)8)2-6(9,10)11/h2-3H,1H3. The van der Waals surface area contributed by atoms with Gasteiger partial charge in [0, 0.05) is 7.11 Å². The summed E-state index contributed by atoms with van der Waals surface area (Å²) in [7, 11) is 0.979. The molecule has 0 heterocycles. The van der Waals surface area contributed by atoms with Gasteiger partial charge >= 0.3 is 12.6 Å². The largest absolute Gasteiger partial charge is 0.393 e. The molecule has 0 amide bonds. The fourth-order valence-electron chi connectivity index (χ4n) is 0.436. The molecule has 0 aliphatic rings. The molecule has 0 aliphatic carbocycles. The highest BCUT2D eigenvalue weighted by molar-refractivity contribution is 5.22. The van der Waals surface area contributed by atoms with E-state index in [9.17, 15) is 22.0 Å². The number of rotatable bonds is 4. The summed E-state index contributed by atoms with van der Waals surface area (Å²) in [6.45, 7) is 0.322. The highest BCUT2D eigenvalue weighted by atomic mass is 19.4. The van der Waals surface area contributed by atoms with Crippen molar-refractivity contribution < 1.29 is 26.7 Å². The molecule has 70 valence electrons. The van der Waals surface area contributed by atoms with Crippen LogP contribution in [0.4, 0.5) is 22.0 Å². The molecule has 0 bridgehead atoms. The van der Waals surface area contributed by atoms with Crippen molar-refractivity contribution in [3.05, 3.63) is 25.4 Å². The maximum atomic E-state index is 11.7. The summed E-state index contributed by atoms with van der Waals surface area (Å²) in [6, 6.07) is 0. The molecule has 0 aromatic heterocycles. The second-order valence-electron chi connectivity index (χ2n) is 1.76. The number of alkyl halides is 3. The Kier molecular flexibility index (Phi) is 4.44. The van der Waals surface area contributed by atoms with Crippen LogP contribution in [0, 0.1) is 25.4 Å². The van der Waals surface area contributed by atoms with Crippen LogP contribution in [-0.2, 0) is 4.74 Å². The summed E-state index contributed by atoms with van der Waals surface area (Å²) in [5.74, 6) is -1.27. The zero-order valence-corrected chi connectivity index (χ0v) is 5.95. The Morgan fingerprint density at radius 1 is 1.25 bits per heavy atom. The minimum absolute atomic E-state index is 0.322. The molecule has 1 nitrogen and oxygen atoms in total. The third-order valence-electron chi connectivity index (χ3n) is 0.782. The summed E-state index contributed by atoms with van der Waals surface area (Å²) in [5, 5.41) is 0. The fourth-order valence-corrected chi connectivity index (χ4v) is 0.436. The monoisotopic (exact) mass is 188 g/mol. The van der Waals surface area contributed by atoms with Crippen LogP contribution in [0.5, 0.6) is 0 Å². The van der Waals surface area contributed by atoms with E-state index in [4.69, 9.17) is 0 Å². The molecule has 0 aromatic rings. The van der Waals surface area contributed by atoms with E-state index in [2.05, 4.69) is 4.74 Å². The first-order valence-electron chi connectivity index (χ1n) is 2.70. The lowest BCUT2D eigenvalue weighted by molar-refractivity contribution is -0.0973. The number of hydrogen-bond acceptors (Lipinski definition) is 1. The smallest absolute Gasteiger partial charge is 0.378 e. The van der Waals surface area contributed by atoms with E-state index in [-0.39, 0.29) is 0 Å².